The molecule has 0 bridgehead atoms. The van der Waals surface area contributed by atoms with Crippen LogP contribution in [-0.2, 0) is 10.0 Å². The van der Waals surface area contributed by atoms with Crippen molar-refractivity contribution in [2.75, 3.05) is 32.1 Å². The molecule has 1 fully saturated rings. The summed E-state index contributed by atoms with van der Waals surface area (Å²) in [5, 5.41) is 0. The van der Waals surface area contributed by atoms with E-state index in [2.05, 4.69) is 0 Å². The van der Waals surface area contributed by atoms with E-state index in [1.807, 2.05) is 62.3 Å². The third kappa shape index (κ3) is 3.42. The molecule has 0 saturated carbocycles. The van der Waals surface area contributed by atoms with Crippen molar-refractivity contribution in [2.45, 2.75) is 23.8 Å². The molecule has 0 radical (unpaired) electrons. The molecule has 5 nitrogen and oxygen atoms in total. The lowest BCUT2D eigenvalue weighted by Gasteiger charge is -2.20. The molecule has 3 rings (SSSR count). The van der Waals surface area contributed by atoms with E-state index in [1.54, 1.807) is 12.1 Å². The van der Waals surface area contributed by atoms with Crippen LogP contribution >= 0.6 is 0 Å². The predicted octanol–water partition coefficient (Wildman–Crippen LogP) is 2.18. The molecule has 1 heterocycles. The monoisotopic (exact) mass is 359 g/mol. The van der Waals surface area contributed by atoms with Crippen molar-refractivity contribution in [3.8, 4) is 0 Å². The number of nitrogens with zero attached hydrogens (tertiary/aromatic N) is 2. The average Bonchev–Trinajstić information content (AvgIpc) is 2.98. The van der Waals surface area contributed by atoms with Gasteiger partial charge in [0.1, 0.15) is 0 Å². The Morgan fingerprint density at radius 2 is 1.76 bits per heavy atom. The summed E-state index contributed by atoms with van der Waals surface area (Å²) in [6.07, 6.45) is 0. The zero-order chi connectivity index (χ0) is 18.2. The number of nitrogens with two attached hydrogens (primary N) is 1. The summed E-state index contributed by atoms with van der Waals surface area (Å²) in [5.41, 5.74) is 9.30. The molecule has 6 heteroatoms. The minimum atomic E-state index is -3.56. The van der Waals surface area contributed by atoms with Gasteiger partial charge in [-0.05, 0) is 30.2 Å². The second kappa shape index (κ2) is 6.78. The van der Waals surface area contributed by atoms with Crippen molar-refractivity contribution in [3.05, 3.63) is 59.7 Å². The summed E-state index contributed by atoms with van der Waals surface area (Å²) in [7, 11) is 0.267. The van der Waals surface area contributed by atoms with E-state index in [0.29, 0.717) is 18.0 Å². The van der Waals surface area contributed by atoms with E-state index in [9.17, 15) is 8.42 Å². The fraction of sp³-hybridized carbons (Fsp3) is 0.368. The molecule has 134 valence electrons. The topological polar surface area (TPSA) is 66.6 Å². The van der Waals surface area contributed by atoms with Crippen LogP contribution in [-0.4, -0.2) is 45.9 Å². The van der Waals surface area contributed by atoms with E-state index in [1.165, 1.54) is 4.31 Å². The summed E-state index contributed by atoms with van der Waals surface area (Å²) in [6.45, 7) is 2.73. The van der Waals surface area contributed by atoms with Gasteiger partial charge in [-0.15, -0.1) is 0 Å². The van der Waals surface area contributed by atoms with Crippen LogP contribution in [0.5, 0.6) is 0 Å². The van der Waals surface area contributed by atoms with Crippen LogP contribution in [0, 0.1) is 6.92 Å². The molecule has 1 saturated heterocycles. The molecule has 2 N–H and O–H groups in total. The minimum Gasteiger partial charge on any atom is -0.377 e. The zero-order valence-electron chi connectivity index (χ0n) is 14.9. The van der Waals surface area contributed by atoms with Crippen molar-refractivity contribution >= 4 is 15.7 Å². The molecule has 0 amide bonds. The standard InChI is InChI=1S/C19H25N3O2S/c1-14-9-10-16(11-19(14)21(2)3)25(23,24)22-12-17(18(20)13-22)15-7-5-4-6-8-15/h4-11,17-18H,12-13,20H2,1-3H3/t17-,18+/m0/s1. The Hall–Kier alpha value is -1.89. The highest BCUT2D eigenvalue weighted by Gasteiger charge is 2.38. The quantitative estimate of drug-likeness (QED) is 0.909. The number of hydrogen-bond acceptors (Lipinski definition) is 4. The van der Waals surface area contributed by atoms with Gasteiger partial charge in [-0.25, -0.2) is 8.42 Å². The van der Waals surface area contributed by atoms with Crippen molar-refractivity contribution in [1.82, 2.24) is 4.31 Å². The molecular formula is C19H25N3O2S. The lowest BCUT2D eigenvalue weighted by atomic mass is 9.95. The number of aryl methyl sites for hydroxylation is 1. The normalized spacial score (nSPS) is 21.4. The summed E-state index contributed by atoms with van der Waals surface area (Å²) >= 11 is 0. The fourth-order valence-corrected chi connectivity index (χ4v) is 4.95. The Labute approximate surface area is 150 Å². The van der Waals surface area contributed by atoms with E-state index in [0.717, 1.165) is 16.8 Å². The van der Waals surface area contributed by atoms with Crippen molar-refractivity contribution < 1.29 is 8.42 Å². The minimum absolute atomic E-state index is 0.0229. The fourth-order valence-electron chi connectivity index (χ4n) is 3.42. The van der Waals surface area contributed by atoms with Gasteiger partial charge in [0.2, 0.25) is 10.0 Å². The maximum atomic E-state index is 13.1. The third-order valence-corrected chi connectivity index (χ3v) is 6.69. The Bertz CT molecular complexity index is 850. The lowest BCUT2D eigenvalue weighted by Crippen LogP contribution is -2.32. The van der Waals surface area contributed by atoms with Crippen LogP contribution in [0.15, 0.2) is 53.4 Å². The third-order valence-electron chi connectivity index (χ3n) is 4.86. The van der Waals surface area contributed by atoms with E-state index < -0.39 is 10.0 Å². The average molecular weight is 359 g/mol. The van der Waals surface area contributed by atoms with E-state index in [4.69, 9.17) is 5.73 Å². The molecule has 0 spiro atoms. The van der Waals surface area contributed by atoms with Gasteiger partial charge < -0.3 is 10.6 Å². The first-order chi connectivity index (χ1) is 11.8. The van der Waals surface area contributed by atoms with Crippen LogP contribution in [0.2, 0.25) is 0 Å². The highest BCUT2D eigenvalue weighted by Crippen LogP contribution is 2.32. The highest BCUT2D eigenvalue weighted by atomic mass is 32.2. The van der Waals surface area contributed by atoms with Crippen molar-refractivity contribution in [1.29, 1.82) is 0 Å². The van der Waals surface area contributed by atoms with E-state index >= 15 is 0 Å². The molecular weight excluding hydrogens is 334 g/mol. The van der Waals surface area contributed by atoms with Gasteiger partial charge in [-0.2, -0.15) is 4.31 Å². The zero-order valence-corrected chi connectivity index (χ0v) is 15.7. The number of rotatable bonds is 4. The highest BCUT2D eigenvalue weighted by molar-refractivity contribution is 7.89. The number of benzene rings is 2. The van der Waals surface area contributed by atoms with Gasteiger partial charge in [0.25, 0.3) is 0 Å². The smallest absolute Gasteiger partial charge is 0.243 e. The van der Waals surface area contributed by atoms with Crippen LogP contribution in [0.1, 0.15) is 17.0 Å². The Morgan fingerprint density at radius 1 is 1.08 bits per heavy atom. The van der Waals surface area contributed by atoms with Crippen LogP contribution in [0.4, 0.5) is 5.69 Å². The molecule has 0 aromatic heterocycles. The predicted molar refractivity (Wildman–Crippen MR) is 101 cm³/mol. The molecule has 2 aromatic rings. The summed E-state index contributed by atoms with van der Waals surface area (Å²) in [4.78, 5) is 2.25. The van der Waals surface area contributed by atoms with Crippen LogP contribution in [0.25, 0.3) is 0 Å². The maximum absolute atomic E-state index is 13.1. The summed E-state index contributed by atoms with van der Waals surface area (Å²) in [5.74, 6) is 0.0229. The number of hydrogen-bond donors (Lipinski definition) is 1. The van der Waals surface area contributed by atoms with Crippen molar-refractivity contribution in [2.24, 2.45) is 5.73 Å². The van der Waals surface area contributed by atoms with Gasteiger partial charge in [0.05, 0.1) is 4.90 Å². The Kier molecular flexibility index (Phi) is 4.86. The van der Waals surface area contributed by atoms with E-state index in [-0.39, 0.29) is 12.0 Å². The molecule has 0 aliphatic carbocycles. The maximum Gasteiger partial charge on any atom is 0.243 e. The van der Waals surface area contributed by atoms with Gasteiger partial charge in [-0.1, -0.05) is 36.4 Å². The van der Waals surface area contributed by atoms with Crippen LogP contribution < -0.4 is 10.6 Å². The molecule has 0 unspecified atom stereocenters. The van der Waals surface area contributed by atoms with Gasteiger partial charge in [0.15, 0.2) is 0 Å². The first-order valence-corrected chi connectivity index (χ1v) is 9.83. The SMILES string of the molecule is Cc1ccc(S(=O)(=O)N2C[C@@H](N)[C@H](c3ccccc3)C2)cc1N(C)C. The largest absolute Gasteiger partial charge is 0.377 e. The summed E-state index contributed by atoms with van der Waals surface area (Å²) < 4.78 is 27.7. The summed E-state index contributed by atoms with van der Waals surface area (Å²) in [6, 6.07) is 15.0. The second-order valence-corrected chi connectivity index (χ2v) is 8.78. The molecule has 2 atom stereocenters. The second-order valence-electron chi connectivity index (χ2n) is 6.85. The molecule has 1 aliphatic rings. The van der Waals surface area contributed by atoms with Gasteiger partial charge in [-0.3, -0.25) is 0 Å². The first-order valence-electron chi connectivity index (χ1n) is 8.39. The lowest BCUT2D eigenvalue weighted by molar-refractivity contribution is 0.470. The Balaban J connectivity index is 1.90. The Morgan fingerprint density at radius 3 is 2.40 bits per heavy atom. The first kappa shape index (κ1) is 17.9. The van der Waals surface area contributed by atoms with Gasteiger partial charge >= 0.3 is 0 Å². The molecule has 1 aliphatic heterocycles. The molecule has 25 heavy (non-hydrogen) atoms. The molecule has 2 aromatic carbocycles. The van der Waals surface area contributed by atoms with Crippen LogP contribution in [0.3, 0.4) is 0 Å². The van der Waals surface area contributed by atoms with Gasteiger partial charge in [0, 0.05) is 44.8 Å². The number of sulfonamides is 1. The van der Waals surface area contributed by atoms with Crippen molar-refractivity contribution in [3.63, 3.8) is 0 Å². The number of anilines is 1.